The van der Waals surface area contributed by atoms with Crippen molar-refractivity contribution < 1.29 is 5.11 Å². The Labute approximate surface area is 122 Å². The number of aliphatic hydroxyl groups is 1. The molecule has 0 saturated carbocycles. The maximum Gasteiger partial charge on any atom is 0.191 e. The minimum Gasteiger partial charge on any atom is -0.386 e. The lowest BCUT2D eigenvalue weighted by Crippen LogP contribution is -2.39. The second-order valence-electron chi connectivity index (χ2n) is 4.33. The Morgan fingerprint density at radius 3 is 2.95 bits per heavy atom. The summed E-state index contributed by atoms with van der Waals surface area (Å²) in [6, 6.07) is 10.2. The zero-order valence-corrected chi connectivity index (χ0v) is 12.3. The number of thiophene rings is 1. The Morgan fingerprint density at radius 1 is 1.45 bits per heavy atom. The SMILES string of the molecule is C=CCNC(=NC)NCC(O)c1cc2ccccc2s1. The lowest BCUT2D eigenvalue weighted by Gasteiger charge is -2.13. The van der Waals surface area contributed by atoms with Crippen LogP contribution < -0.4 is 10.6 Å². The Kier molecular flexibility index (Phi) is 5.15. The third-order valence-corrected chi connectivity index (χ3v) is 4.09. The van der Waals surface area contributed by atoms with E-state index in [4.69, 9.17) is 0 Å². The number of guanidine groups is 1. The monoisotopic (exact) mass is 289 g/mol. The second kappa shape index (κ2) is 7.07. The normalized spacial score (nSPS) is 13.2. The molecular weight excluding hydrogens is 270 g/mol. The largest absolute Gasteiger partial charge is 0.386 e. The van der Waals surface area contributed by atoms with Gasteiger partial charge in [0.1, 0.15) is 6.10 Å². The number of benzene rings is 1. The summed E-state index contributed by atoms with van der Waals surface area (Å²) >= 11 is 1.62. The van der Waals surface area contributed by atoms with Gasteiger partial charge in [0.25, 0.3) is 0 Å². The van der Waals surface area contributed by atoms with Gasteiger partial charge in [0.15, 0.2) is 5.96 Å². The van der Waals surface area contributed by atoms with Crippen LogP contribution in [-0.4, -0.2) is 31.2 Å². The van der Waals surface area contributed by atoms with E-state index in [-0.39, 0.29) is 0 Å². The molecule has 2 aromatic rings. The molecule has 5 heteroatoms. The summed E-state index contributed by atoms with van der Waals surface area (Å²) < 4.78 is 1.19. The van der Waals surface area contributed by atoms with Gasteiger partial charge in [-0.1, -0.05) is 24.3 Å². The van der Waals surface area contributed by atoms with Crippen molar-refractivity contribution in [1.29, 1.82) is 0 Å². The minimum atomic E-state index is -0.547. The number of nitrogens with zero attached hydrogens (tertiary/aromatic N) is 1. The molecule has 0 radical (unpaired) electrons. The van der Waals surface area contributed by atoms with Crippen LogP contribution in [0, 0.1) is 0 Å². The van der Waals surface area contributed by atoms with E-state index in [0.717, 1.165) is 4.88 Å². The smallest absolute Gasteiger partial charge is 0.191 e. The highest BCUT2D eigenvalue weighted by Crippen LogP contribution is 2.29. The highest BCUT2D eigenvalue weighted by Gasteiger charge is 2.11. The lowest BCUT2D eigenvalue weighted by atomic mass is 10.2. The van der Waals surface area contributed by atoms with Crippen LogP contribution in [0.4, 0.5) is 0 Å². The highest BCUT2D eigenvalue weighted by atomic mass is 32.1. The van der Waals surface area contributed by atoms with E-state index in [9.17, 15) is 5.11 Å². The predicted octanol–water partition coefficient (Wildman–Crippen LogP) is 2.29. The first-order valence-corrected chi connectivity index (χ1v) is 7.28. The first kappa shape index (κ1) is 14.6. The summed E-state index contributed by atoms with van der Waals surface area (Å²) in [5.41, 5.74) is 0. The molecule has 1 atom stereocenters. The van der Waals surface area contributed by atoms with Crippen molar-refractivity contribution in [3.8, 4) is 0 Å². The Hall–Kier alpha value is -1.85. The molecule has 106 valence electrons. The van der Waals surface area contributed by atoms with Crippen molar-refractivity contribution >= 4 is 27.4 Å². The molecule has 1 unspecified atom stereocenters. The Morgan fingerprint density at radius 2 is 2.25 bits per heavy atom. The van der Waals surface area contributed by atoms with Gasteiger partial charge in [-0.05, 0) is 17.5 Å². The van der Waals surface area contributed by atoms with Gasteiger partial charge in [0.05, 0.1) is 0 Å². The number of hydrogen-bond acceptors (Lipinski definition) is 3. The van der Waals surface area contributed by atoms with Crippen molar-refractivity contribution in [3.05, 3.63) is 47.9 Å². The summed E-state index contributed by atoms with van der Waals surface area (Å²) in [6.45, 7) is 4.70. The first-order chi connectivity index (χ1) is 9.74. The molecule has 0 spiro atoms. The third kappa shape index (κ3) is 3.59. The van der Waals surface area contributed by atoms with Crippen LogP contribution in [0.1, 0.15) is 11.0 Å². The molecule has 2 rings (SSSR count). The fourth-order valence-electron chi connectivity index (χ4n) is 1.85. The van der Waals surface area contributed by atoms with Crippen LogP contribution in [-0.2, 0) is 0 Å². The van der Waals surface area contributed by atoms with Gasteiger partial charge in [-0.2, -0.15) is 0 Å². The molecular formula is C15H19N3OS. The topological polar surface area (TPSA) is 56.7 Å². The Bertz CT molecular complexity index is 573. The van der Waals surface area contributed by atoms with Crippen molar-refractivity contribution in [3.63, 3.8) is 0 Å². The maximum atomic E-state index is 10.2. The van der Waals surface area contributed by atoms with Crippen LogP contribution in [0.3, 0.4) is 0 Å². The summed E-state index contributed by atoms with van der Waals surface area (Å²) in [4.78, 5) is 5.03. The fourth-order valence-corrected chi connectivity index (χ4v) is 2.90. The quantitative estimate of drug-likeness (QED) is 0.450. The minimum absolute atomic E-state index is 0.420. The zero-order chi connectivity index (χ0) is 14.4. The first-order valence-electron chi connectivity index (χ1n) is 6.46. The molecule has 1 aromatic heterocycles. The molecule has 1 heterocycles. The van der Waals surface area contributed by atoms with Crippen molar-refractivity contribution in [2.75, 3.05) is 20.1 Å². The van der Waals surface area contributed by atoms with Crippen molar-refractivity contribution in [1.82, 2.24) is 10.6 Å². The molecule has 0 saturated heterocycles. The number of aliphatic hydroxyl groups excluding tert-OH is 1. The van der Waals surface area contributed by atoms with Crippen molar-refractivity contribution in [2.24, 2.45) is 4.99 Å². The van der Waals surface area contributed by atoms with Gasteiger partial charge in [-0.25, -0.2) is 0 Å². The number of nitrogens with one attached hydrogen (secondary N) is 2. The number of fused-ring (bicyclic) bond motifs is 1. The van der Waals surface area contributed by atoms with Crippen molar-refractivity contribution in [2.45, 2.75) is 6.10 Å². The average Bonchev–Trinajstić information content (AvgIpc) is 2.91. The predicted molar refractivity (Wildman–Crippen MR) is 86.3 cm³/mol. The number of aliphatic imine (C=N–C) groups is 1. The van der Waals surface area contributed by atoms with Crippen LogP contribution in [0.2, 0.25) is 0 Å². The van der Waals surface area contributed by atoms with E-state index in [1.807, 2.05) is 18.2 Å². The van der Waals surface area contributed by atoms with E-state index < -0.39 is 6.10 Å². The third-order valence-electron chi connectivity index (χ3n) is 2.87. The molecule has 0 amide bonds. The molecule has 1 aromatic carbocycles. The van der Waals surface area contributed by atoms with E-state index >= 15 is 0 Å². The maximum absolute atomic E-state index is 10.2. The summed E-state index contributed by atoms with van der Waals surface area (Å²) in [5.74, 6) is 0.657. The van der Waals surface area contributed by atoms with E-state index in [0.29, 0.717) is 19.0 Å². The van der Waals surface area contributed by atoms with Gasteiger partial charge in [-0.3, -0.25) is 4.99 Å². The molecule has 0 fully saturated rings. The number of rotatable bonds is 5. The lowest BCUT2D eigenvalue weighted by molar-refractivity contribution is 0.184. The van der Waals surface area contributed by atoms with Gasteiger partial charge in [0.2, 0.25) is 0 Å². The average molecular weight is 289 g/mol. The van der Waals surface area contributed by atoms with Gasteiger partial charge in [0, 0.05) is 29.7 Å². The van der Waals surface area contributed by atoms with E-state index in [1.54, 1.807) is 24.5 Å². The molecule has 0 aliphatic carbocycles. The van der Waals surface area contributed by atoms with Crippen LogP contribution in [0.15, 0.2) is 48.0 Å². The van der Waals surface area contributed by atoms with E-state index in [2.05, 4.69) is 34.3 Å². The molecule has 4 nitrogen and oxygen atoms in total. The molecule has 0 bridgehead atoms. The van der Waals surface area contributed by atoms with Crippen LogP contribution in [0.5, 0.6) is 0 Å². The van der Waals surface area contributed by atoms with Gasteiger partial charge < -0.3 is 15.7 Å². The summed E-state index contributed by atoms with van der Waals surface area (Å²) in [5, 5.41) is 17.6. The number of hydrogen-bond donors (Lipinski definition) is 3. The highest BCUT2D eigenvalue weighted by molar-refractivity contribution is 7.19. The summed E-state index contributed by atoms with van der Waals surface area (Å²) in [7, 11) is 1.70. The summed E-state index contributed by atoms with van der Waals surface area (Å²) in [6.07, 6.45) is 1.21. The second-order valence-corrected chi connectivity index (χ2v) is 5.44. The Balaban J connectivity index is 1.97. The molecule has 20 heavy (non-hydrogen) atoms. The van der Waals surface area contributed by atoms with Crippen LogP contribution >= 0.6 is 11.3 Å². The molecule has 0 aliphatic rings. The van der Waals surface area contributed by atoms with Gasteiger partial charge >= 0.3 is 0 Å². The van der Waals surface area contributed by atoms with E-state index in [1.165, 1.54) is 10.1 Å². The van der Waals surface area contributed by atoms with Gasteiger partial charge in [-0.15, -0.1) is 17.9 Å². The molecule has 0 aliphatic heterocycles. The van der Waals surface area contributed by atoms with Crippen LogP contribution in [0.25, 0.3) is 10.1 Å². The molecule has 3 N–H and O–H groups in total. The standard InChI is InChI=1S/C15H19N3OS/c1-3-8-17-15(16-2)18-10-12(19)14-9-11-6-4-5-7-13(11)20-14/h3-7,9,12,19H,1,8,10H2,2H3,(H2,16,17,18). The zero-order valence-electron chi connectivity index (χ0n) is 11.5. The fraction of sp³-hybridized carbons (Fsp3) is 0.267.